The molecule has 0 saturated heterocycles. The van der Waals surface area contributed by atoms with Gasteiger partial charge in [-0.15, -0.1) is 0 Å². The van der Waals surface area contributed by atoms with Crippen LogP contribution in [0.15, 0.2) is 48.5 Å². The van der Waals surface area contributed by atoms with E-state index in [4.69, 9.17) is 4.74 Å². The predicted molar refractivity (Wildman–Crippen MR) is 110 cm³/mol. The average Bonchev–Trinajstić information content (AvgIpc) is 3.50. The van der Waals surface area contributed by atoms with Gasteiger partial charge in [-0.05, 0) is 63.3 Å². The zero-order chi connectivity index (χ0) is 19.7. The highest BCUT2D eigenvalue weighted by atomic mass is 16.5. The number of carbonyl (C=O) groups excluding carboxylic acids is 2. The number of benzene rings is 2. The highest BCUT2D eigenvalue weighted by Gasteiger charge is 2.58. The Morgan fingerprint density at radius 3 is 2.54 bits per heavy atom. The number of amides is 2. The first-order valence-electron chi connectivity index (χ1n) is 9.98. The van der Waals surface area contributed by atoms with Gasteiger partial charge in [0.15, 0.2) is 0 Å². The minimum atomic E-state index is -0.963. The Bertz CT molecular complexity index is 902. The Morgan fingerprint density at radius 2 is 1.79 bits per heavy atom. The molecule has 5 heteroatoms. The highest BCUT2D eigenvalue weighted by molar-refractivity contribution is 6.18. The molecule has 2 aromatic carbocycles. The minimum absolute atomic E-state index is 0.000536. The van der Waals surface area contributed by atoms with Crippen LogP contribution in [0.1, 0.15) is 38.7 Å². The summed E-state index contributed by atoms with van der Waals surface area (Å²) < 4.78 is 5.79. The van der Waals surface area contributed by atoms with Crippen molar-refractivity contribution < 1.29 is 14.3 Å². The molecular formula is C23H26N2O3. The average molecular weight is 378 g/mol. The van der Waals surface area contributed by atoms with E-state index >= 15 is 0 Å². The van der Waals surface area contributed by atoms with Crippen molar-refractivity contribution in [1.29, 1.82) is 0 Å². The van der Waals surface area contributed by atoms with Crippen LogP contribution in [-0.4, -0.2) is 24.5 Å². The van der Waals surface area contributed by atoms with Gasteiger partial charge in [0.1, 0.15) is 11.2 Å². The topological polar surface area (TPSA) is 58.6 Å². The molecule has 4 rings (SSSR count). The van der Waals surface area contributed by atoms with E-state index in [0.29, 0.717) is 30.8 Å². The lowest BCUT2D eigenvalue weighted by molar-refractivity contribution is -0.132. The molecule has 1 fully saturated rings. The second kappa shape index (κ2) is 7.30. The Morgan fingerprint density at radius 1 is 1.07 bits per heavy atom. The third-order valence-corrected chi connectivity index (χ3v) is 5.45. The zero-order valence-electron chi connectivity index (χ0n) is 16.4. The SMILES string of the molecule is CC(C)Oc1ccccc1NC(=O)C1(C(=O)N2CCCc3ccccc32)CC1. The van der Waals surface area contributed by atoms with Crippen molar-refractivity contribution in [2.75, 3.05) is 16.8 Å². The minimum Gasteiger partial charge on any atom is -0.489 e. The van der Waals surface area contributed by atoms with Gasteiger partial charge >= 0.3 is 0 Å². The summed E-state index contributed by atoms with van der Waals surface area (Å²) in [5, 5.41) is 2.95. The molecule has 0 bridgehead atoms. The number of aryl methyl sites for hydroxylation is 1. The van der Waals surface area contributed by atoms with Gasteiger partial charge in [0, 0.05) is 12.2 Å². The molecule has 0 aromatic heterocycles. The molecule has 2 aliphatic rings. The van der Waals surface area contributed by atoms with E-state index in [1.165, 1.54) is 5.56 Å². The van der Waals surface area contributed by atoms with Gasteiger partial charge in [0.05, 0.1) is 11.8 Å². The van der Waals surface area contributed by atoms with Gasteiger partial charge in [-0.25, -0.2) is 0 Å². The van der Waals surface area contributed by atoms with E-state index in [1.807, 2.05) is 61.2 Å². The maximum absolute atomic E-state index is 13.4. The Balaban J connectivity index is 1.55. The first kappa shape index (κ1) is 18.5. The third-order valence-electron chi connectivity index (χ3n) is 5.45. The molecule has 0 atom stereocenters. The fraction of sp³-hybridized carbons (Fsp3) is 0.391. The van der Waals surface area contributed by atoms with Gasteiger partial charge in [-0.1, -0.05) is 30.3 Å². The molecule has 0 unspecified atom stereocenters. The number of rotatable bonds is 5. The molecule has 2 aromatic rings. The molecule has 2 amide bonds. The summed E-state index contributed by atoms with van der Waals surface area (Å²) in [6.45, 7) is 4.55. The van der Waals surface area contributed by atoms with Gasteiger partial charge < -0.3 is 15.0 Å². The lowest BCUT2D eigenvalue weighted by atomic mass is 9.97. The number of para-hydroxylation sites is 3. The van der Waals surface area contributed by atoms with E-state index in [0.717, 1.165) is 18.5 Å². The van der Waals surface area contributed by atoms with E-state index in [2.05, 4.69) is 11.4 Å². The molecule has 0 spiro atoms. The van der Waals surface area contributed by atoms with Crippen LogP contribution in [0, 0.1) is 5.41 Å². The Labute approximate surface area is 165 Å². The van der Waals surface area contributed by atoms with Crippen LogP contribution in [0.4, 0.5) is 11.4 Å². The maximum Gasteiger partial charge on any atom is 0.242 e. The summed E-state index contributed by atoms with van der Waals surface area (Å²) in [5.74, 6) is 0.303. The van der Waals surface area contributed by atoms with E-state index in [-0.39, 0.29) is 17.9 Å². The molecule has 28 heavy (non-hydrogen) atoms. The Kier molecular flexibility index (Phi) is 4.84. The number of fused-ring (bicyclic) bond motifs is 1. The third kappa shape index (κ3) is 3.37. The van der Waals surface area contributed by atoms with Crippen LogP contribution >= 0.6 is 0 Å². The first-order chi connectivity index (χ1) is 13.5. The summed E-state index contributed by atoms with van der Waals surface area (Å²) in [6.07, 6.45) is 3.07. The zero-order valence-corrected chi connectivity index (χ0v) is 16.4. The lowest BCUT2D eigenvalue weighted by Gasteiger charge is -2.32. The second-order valence-electron chi connectivity index (χ2n) is 7.89. The van der Waals surface area contributed by atoms with Crippen molar-refractivity contribution in [3.63, 3.8) is 0 Å². The quantitative estimate of drug-likeness (QED) is 0.795. The lowest BCUT2D eigenvalue weighted by Crippen LogP contribution is -2.45. The number of nitrogens with one attached hydrogen (secondary N) is 1. The Hall–Kier alpha value is -2.82. The molecule has 1 heterocycles. The summed E-state index contributed by atoms with van der Waals surface area (Å²) in [5.41, 5.74) is 1.77. The van der Waals surface area contributed by atoms with Crippen LogP contribution in [-0.2, 0) is 16.0 Å². The van der Waals surface area contributed by atoms with Crippen molar-refractivity contribution in [1.82, 2.24) is 0 Å². The van der Waals surface area contributed by atoms with Crippen LogP contribution < -0.4 is 15.0 Å². The highest BCUT2D eigenvalue weighted by Crippen LogP contribution is 2.49. The first-order valence-corrected chi connectivity index (χ1v) is 9.98. The summed E-state index contributed by atoms with van der Waals surface area (Å²) in [4.78, 5) is 28.3. The van der Waals surface area contributed by atoms with Gasteiger partial charge in [0.25, 0.3) is 0 Å². The molecule has 1 aliphatic heterocycles. The maximum atomic E-state index is 13.4. The monoisotopic (exact) mass is 378 g/mol. The van der Waals surface area contributed by atoms with E-state index < -0.39 is 5.41 Å². The fourth-order valence-electron chi connectivity index (χ4n) is 3.83. The number of hydrogen-bond acceptors (Lipinski definition) is 3. The van der Waals surface area contributed by atoms with Crippen LogP contribution in [0.25, 0.3) is 0 Å². The van der Waals surface area contributed by atoms with E-state index in [1.54, 1.807) is 0 Å². The van der Waals surface area contributed by atoms with Gasteiger partial charge in [-0.2, -0.15) is 0 Å². The van der Waals surface area contributed by atoms with Crippen molar-refractivity contribution in [3.8, 4) is 5.75 Å². The van der Waals surface area contributed by atoms with Crippen molar-refractivity contribution in [2.24, 2.45) is 5.41 Å². The van der Waals surface area contributed by atoms with Crippen molar-refractivity contribution >= 4 is 23.2 Å². The number of hydrogen-bond donors (Lipinski definition) is 1. The standard InChI is InChI=1S/C23H26N2O3/c1-16(2)28-20-12-6-4-10-18(20)24-21(26)23(13-14-23)22(27)25-15-7-9-17-8-3-5-11-19(17)25/h3-6,8,10-12,16H,7,9,13-15H2,1-2H3,(H,24,26). The largest absolute Gasteiger partial charge is 0.489 e. The van der Waals surface area contributed by atoms with Crippen molar-refractivity contribution in [3.05, 3.63) is 54.1 Å². The van der Waals surface area contributed by atoms with Crippen LogP contribution in [0.3, 0.4) is 0 Å². The predicted octanol–water partition coefficient (Wildman–Crippen LogP) is 4.17. The molecule has 5 nitrogen and oxygen atoms in total. The molecule has 1 saturated carbocycles. The summed E-state index contributed by atoms with van der Waals surface area (Å²) in [7, 11) is 0. The molecule has 0 radical (unpaired) electrons. The second-order valence-corrected chi connectivity index (χ2v) is 7.89. The summed E-state index contributed by atoms with van der Waals surface area (Å²) in [6, 6.07) is 15.4. The smallest absolute Gasteiger partial charge is 0.242 e. The molecular weight excluding hydrogens is 352 g/mol. The van der Waals surface area contributed by atoms with Gasteiger partial charge in [0.2, 0.25) is 11.8 Å². The van der Waals surface area contributed by atoms with E-state index in [9.17, 15) is 9.59 Å². The number of carbonyl (C=O) groups is 2. The molecule has 1 N–H and O–H groups in total. The van der Waals surface area contributed by atoms with Crippen molar-refractivity contribution in [2.45, 2.75) is 45.6 Å². The molecule has 1 aliphatic carbocycles. The fourth-order valence-corrected chi connectivity index (χ4v) is 3.83. The van der Waals surface area contributed by atoms with Crippen LogP contribution in [0.5, 0.6) is 5.75 Å². The summed E-state index contributed by atoms with van der Waals surface area (Å²) >= 11 is 0. The molecule has 146 valence electrons. The normalized spacial score (nSPS) is 17.0. The number of anilines is 2. The van der Waals surface area contributed by atoms with Crippen LogP contribution in [0.2, 0.25) is 0 Å². The van der Waals surface area contributed by atoms with Gasteiger partial charge in [-0.3, -0.25) is 9.59 Å². The number of ether oxygens (including phenoxy) is 1. The number of nitrogens with zero attached hydrogens (tertiary/aromatic N) is 1.